The SMILES string of the molecule is CCC(=O)Nc1ccc(OC)c(C#Cc2cc(O[C@@H](C)COC)cc(C(=O)Nc3ccn(C)n3)c2)c1. The second-order valence-corrected chi connectivity index (χ2v) is 8.03. The molecule has 0 aliphatic rings. The molecule has 0 spiro atoms. The number of methoxy groups -OCH3 is 2. The molecule has 9 heteroatoms. The Morgan fingerprint density at radius 3 is 2.56 bits per heavy atom. The summed E-state index contributed by atoms with van der Waals surface area (Å²) in [5, 5.41) is 9.78. The van der Waals surface area contributed by atoms with Gasteiger partial charge in [-0.2, -0.15) is 5.10 Å². The highest BCUT2D eigenvalue weighted by atomic mass is 16.5. The fourth-order valence-electron chi connectivity index (χ4n) is 3.31. The summed E-state index contributed by atoms with van der Waals surface area (Å²) >= 11 is 0. The fraction of sp³-hybridized carbons (Fsp3) is 0.296. The van der Waals surface area contributed by atoms with Crippen LogP contribution in [0.1, 0.15) is 41.8 Å². The maximum absolute atomic E-state index is 12.9. The maximum atomic E-state index is 12.9. The molecule has 0 radical (unpaired) electrons. The van der Waals surface area contributed by atoms with Crippen LogP contribution in [0.4, 0.5) is 11.5 Å². The van der Waals surface area contributed by atoms with E-state index in [0.717, 1.165) is 0 Å². The van der Waals surface area contributed by atoms with Gasteiger partial charge in [0.25, 0.3) is 5.91 Å². The van der Waals surface area contributed by atoms with Gasteiger partial charge >= 0.3 is 0 Å². The Hall–Kier alpha value is -4.29. The lowest BCUT2D eigenvalue weighted by Crippen LogP contribution is -2.19. The molecule has 2 amide bonds. The minimum atomic E-state index is -0.344. The van der Waals surface area contributed by atoms with Crippen molar-refractivity contribution in [1.82, 2.24) is 9.78 Å². The van der Waals surface area contributed by atoms with Crippen LogP contribution in [0.2, 0.25) is 0 Å². The van der Waals surface area contributed by atoms with E-state index in [0.29, 0.717) is 52.7 Å². The van der Waals surface area contributed by atoms with Gasteiger partial charge in [0.15, 0.2) is 5.82 Å². The number of amides is 2. The molecule has 36 heavy (non-hydrogen) atoms. The summed E-state index contributed by atoms with van der Waals surface area (Å²) in [6.07, 6.45) is 1.87. The summed E-state index contributed by atoms with van der Waals surface area (Å²) in [6.45, 7) is 4.04. The standard InChI is InChI=1S/C27H30N4O5/c1-6-26(32)28-22-9-10-24(35-5)20(15-22)8-7-19-13-21(16-23(14-19)36-18(2)17-34-4)27(33)29-25-11-12-31(3)30-25/h9-16,18H,6,17H2,1-5H3,(H,28,32)(H,29,30,33)/t18-/m0/s1. The van der Waals surface area contributed by atoms with Gasteiger partial charge in [0, 0.05) is 49.7 Å². The van der Waals surface area contributed by atoms with Crippen molar-refractivity contribution in [3.8, 4) is 23.3 Å². The van der Waals surface area contributed by atoms with Crippen molar-refractivity contribution < 1.29 is 23.8 Å². The molecule has 188 valence electrons. The van der Waals surface area contributed by atoms with E-state index in [1.807, 2.05) is 6.92 Å². The number of benzene rings is 2. The monoisotopic (exact) mass is 490 g/mol. The zero-order chi connectivity index (χ0) is 26.1. The van der Waals surface area contributed by atoms with E-state index in [1.165, 1.54) is 0 Å². The summed E-state index contributed by atoms with van der Waals surface area (Å²) in [4.78, 5) is 24.7. The molecule has 1 atom stereocenters. The molecule has 9 nitrogen and oxygen atoms in total. The maximum Gasteiger partial charge on any atom is 0.257 e. The molecule has 0 saturated carbocycles. The lowest BCUT2D eigenvalue weighted by Gasteiger charge is -2.15. The third-order valence-corrected chi connectivity index (χ3v) is 5.01. The molecule has 2 N–H and O–H groups in total. The minimum absolute atomic E-state index is 0.0994. The number of ether oxygens (including phenoxy) is 3. The lowest BCUT2D eigenvalue weighted by molar-refractivity contribution is -0.115. The quantitative estimate of drug-likeness (QED) is 0.442. The van der Waals surface area contributed by atoms with Gasteiger partial charge in [-0.15, -0.1) is 0 Å². The predicted octanol–water partition coefficient (Wildman–Crippen LogP) is 3.84. The summed E-state index contributed by atoms with van der Waals surface area (Å²) < 4.78 is 18.1. The Morgan fingerprint density at radius 1 is 1.08 bits per heavy atom. The van der Waals surface area contributed by atoms with Crippen molar-refractivity contribution >= 4 is 23.3 Å². The molecule has 3 rings (SSSR count). The lowest BCUT2D eigenvalue weighted by atomic mass is 10.1. The molecule has 1 aromatic heterocycles. The molecule has 0 aliphatic carbocycles. The predicted molar refractivity (Wildman–Crippen MR) is 137 cm³/mol. The molecule has 0 unspecified atom stereocenters. The Balaban J connectivity index is 1.96. The first-order valence-corrected chi connectivity index (χ1v) is 11.4. The average Bonchev–Trinajstić information content (AvgIpc) is 3.27. The van der Waals surface area contributed by atoms with Crippen LogP contribution in [0.5, 0.6) is 11.5 Å². The van der Waals surface area contributed by atoms with E-state index < -0.39 is 0 Å². The van der Waals surface area contributed by atoms with E-state index in [4.69, 9.17) is 14.2 Å². The van der Waals surface area contributed by atoms with Crippen molar-refractivity contribution in [2.75, 3.05) is 31.5 Å². The largest absolute Gasteiger partial charge is 0.495 e. The first-order valence-electron chi connectivity index (χ1n) is 11.4. The summed E-state index contributed by atoms with van der Waals surface area (Å²) in [6, 6.07) is 12.0. The van der Waals surface area contributed by atoms with Gasteiger partial charge in [0.2, 0.25) is 5.91 Å². The van der Waals surface area contributed by atoms with Gasteiger partial charge in [0.1, 0.15) is 17.6 Å². The Bertz CT molecular complexity index is 1290. The molecule has 1 heterocycles. The van der Waals surface area contributed by atoms with E-state index in [2.05, 4.69) is 27.6 Å². The normalized spacial score (nSPS) is 11.1. The Morgan fingerprint density at radius 2 is 1.89 bits per heavy atom. The summed E-state index contributed by atoms with van der Waals surface area (Å²) in [5.74, 6) is 7.20. The van der Waals surface area contributed by atoms with Gasteiger partial charge in [-0.25, -0.2) is 0 Å². The highest BCUT2D eigenvalue weighted by molar-refractivity contribution is 6.04. The van der Waals surface area contributed by atoms with Crippen LogP contribution in [0.3, 0.4) is 0 Å². The van der Waals surface area contributed by atoms with Crippen molar-refractivity contribution in [3.63, 3.8) is 0 Å². The van der Waals surface area contributed by atoms with Gasteiger partial charge in [-0.1, -0.05) is 18.8 Å². The third kappa shape index (κ3) is 7.35. The van der Waals surface area contributed by atoms with Crippen molar-refractivity contribution in [2.24, 2.45) is 7.05 Å². The number of hydrogen-bond acceptors (Lipinski definition) is 6. The number of nitrogens with zero attached hydrogens (tertiary/aromatic N) is 2. The minimum Gasteiger partial charge on any atom is -0.495 e. The second kappa shape index (κ2) is 12.4. The van der Waals surface area contributed by atoms with Crippen LogP contribution in [-0.2, 0) is 16.6 Å². The molecule has 0 saturated heterocycles. The van der Waals surface area contributed by atoms with Crippen LogP contribution in [0.25, 0.3) is 0 Å². The average molecular weight is 491 g/mol. The van der Waals surface area contributed by atoms with Gasteiger partial charge < -0.3 is 24.8 Å². The summed E-state index contributed by atoms with van der Waals surface area (Å²) in [7, 11) is 4.92. The van der Waals surface area contributed by atoms with Gasteiger partial charge in [-0.05, 0) is 43.3 Å². The Kier molecular flexibility index (Phi) is 9.08. The van der Waals surface area contributed by atoms with Crippen LogP contribution >= 0.6 is 0 Å². The van der Waals surface area contributed by atoms with Crippen LogP contribution < -0.4 is 20.1 Å². The van der Waals surface area contributed by atoms with Gasteiger partial charge in [-0.3, -0.25) is 14.3 Å². The highest BCUT2D eigenvalue weighted by Crippen LogP contribution is 2.23. The van der Waals surface area contributed by atoms with E-state index >= 15 is 0 Å². The molecule has 0 aliphatic heterocycles. The number of anilines is 2. The molecule has 3 aromatic rings. The molecule has 0 fully saturated rings. The zero-order valence-corrected chi connectivity index (χ0v) is 21.0. The smallest absolute Gasteiger partial charge is 0.257 e. The second-order valence-electron chi connectivity index (χ2n) is 8.03. The fourth-order valence-corrected chi connectivity index (χ4v) is 3.31. The number of nitrogens with one attached hydrogen (secondary N) is 2. The van der Waals surface area contributed by atoms with Gasteiger partial charge in [0.05, 0.1) is 19.3 Å². The van der Waals surface area contributed by atoms with Crippen molar-refractivity contribution in [2.45, 2.75) is 26.4 Å². The number of aryl methyl sites for hydroxylation is 1. The number of hydrogen-bond donors (Lipinski definition) is 2. The van der Waals surface area contributed by atoms with Crippen LogP contribution in [0, 0.1) is 11.8 Å². The number of carbonyl (C=O) groups excluding carboxylic acids is 2. The molecular weight excluding hydrogens is 460 g/mol. The van der Waals surface area contributed by atoms with E-state index in [9.17, 15) is 9.59 Å². The van der Waals surface area contributed by atoms with E-state index in [-0.39, 0.29) is 17.9 Å². The van der Waals surface area contributed by atoms with E-state index in [1.54, 1.807) is 81.5 Å². The highest BCUT2D eigenvalue weighted by Gasteiger charge is 2.13. The molecule has 0 bridgehead atoms. The molecule has 2 aromatic carbocycles. The Labute approximate surface area is 210 Å². The third-order valence-electron chi connectivity index (χ3n) is 5.01. The molecular formula is C27H30N4O5. The van der Waals surface area contributed by atoms with Crippen molar-refractivity contribution in [1.29, 1.82) is 0 Å². The van der Waals surface area contributed by atoms with Crippen LogP contribution in [0.15, 0.2) is 48.7 Å². The topological polar surface area (TPSA) is 104 Å². The van der Waals surface area contributed by atoms with Crippen molar-refractivity contribution in [3.05, 3.63) is 65.4 Å². The van der Waals surface area contributed by atoms with Crippen LogP contribution in [-0.4, -0.2) is 48.5 Å². The zero-order valence-electron chi connectivity index (χ0n) is 21.0. The first kappa shape index (κ1) is 26.3. The number of rotatable bonds is 9. The number of aromatic nitrogens is 2. The summed E-state index contributed by atoms with van der Waals surface area (Å²) in [5.41, 5.74) is 2.13. The number of carbonyl (C=O) groups is 2. The first-order chi connectivity index (χ1) is 17.3.